The molecule has 2 rings (SSSR count). The first kappa shape index (κ1) is 13.9. The van der Waals surface area contributed by atoms with Crippen LogP contribution in [0.3, 0.4) is 0 Å². The van der Waals surface area contributed by atoms with Crippen LogP contribution in [0.5, 0.6) is 0 Å². The van der Waals surface area contributed by atoms with Gasteiger partial charge in [-0.3, -0.25) is 4.79 Å². The van der Waals surface area contributed by atoms with E-state index in [1.54, 1.807) is 26.2 Å². The third kappa shape index (κ3) is 3.25. The molecular formula is C13H14FN5O. The first-order chi connectivity index (χ1) is 9.60. The van der Waals surface area contributed by atoms with Crippen LogP contribution in [0, 0.1) is 12.7 Å². The van der Waals surface area contributed by atoms with E-state index in [0.29, 0.717) is 17.3 Å². The zero-order chi connectivity index (χ0) is 14.5. The van der Waals surface area contributed by atoms with Gasteiger partial charge >= 0.3 is 0 Å². The number of anilines is 1. The molecule has 2 heterocycles. The van der Waals surface area contributed by atoms with Crippen molar-refractivity contribution in [3.05, 3.63) is 47.4 Å². The lowest BCUT2D eigenvalue weighted by Crippen LogP contribution is -2.25. The lowest BCUT2D eigenvalue weighted by atomic mass is 10.2. The van der Waals surface area contributed by atoms with Crippen LogP contribution < -0.4 is 10.6 Å². The first-order valence-corrected chi connectivity index (χ1v) is 6.00. The Balaban J connectivity index is 2.10. The molecule has 6 nitrogen and oxygen atoms in total. The van der Waals surface area contributed by atoms with Gasteiger partial charge in [0, 0.05) is 13.2 Å². The molecule has 2 aromatic heterocycles. The molecule has 104 valence electrons. The third-order valence-electron chi connectivity index (χ3n) is 2.60. The minimum absolute atomic E-state index is 0.151. The smallest absolute Gasteiger partial charge is 0.255 e. The monoisotopic (exact) mass is 275 g/mol. The fraction of sp³-hybridized carbons (Fsp3) is 0.231. The molecule has 0 fully saturated rings. The summed E-state index contributed by atoms with van der Waals surface area (Å²) < 4.78 is 13.2. The normalized spacial score (nSPS) is 10.2. The zero-order valence-electron chi connectivity index (χ0n) is 11.1. The number of hydrogen-bond donors (Lipinski definition) is 2. The SMILES string of the molecule is CNc1ncc(F)cc1C(=O)NCc1ccnc(C)n1. The van der Waals surface area contributed by atoms with E-state index in [-0.39, 0.29) is 12.1 Å². The van der Waals surface area contributed by atoms with Crippen LogP contribution in [0.15, 0.2) is 24.5 Å². The maximum absolute atomic E-state index is 13.2. The number of nitrogens with zero attached hydrogens (tertiary/aromatic N) is 3. The Bertz CT molecular complexity index is 632. The molecule has 7 heteroatoms. The fourth-order valence-corrected chi connectivity index (χ4v) is 1.68. The van der Waals surface area contributed by atoms with Crippen molar-refractivity contribution >= 4 is 11.7 Å². The number of hydrogen-bond acceptors (Lipinski definition) is 5. The summed E-state index contributed by atoms with van der Waals surface area (Å²) in [6, 6.07) is 2.84. The molecule has 2 aromatic rings. The fourth-order valence-electron chi connectivity index (χ4n) is 1.68. The molecular weight excluding hydrogens is 261 g/mol. The highest BCUT2D eigenvalue weighted by atomic mass is 19.1. The van der Waals surface area contributed by atoms with Crippen LogP contribution in [-0.4, -0.2) is 27.9 Å². The lowest BCUT2D eigenvalue weighted by molar-refractivity contribution is 0.0950. The number of amides is 1. The number of pyridine rings is 1. The number of carbonyl (C=O) groups is 1. The minimum atomic E-state index is -0.563. The molecule has 0 saturated heterocycles. The Morgan fingerprint density at radius 2 is 2.20 bits per heavy atom. The first-order valence-electron chi connectivity index (χ1n) is 6.00. The van der Waals surface area contributed by atoms with E-state index in [2.05, 4.69) is 25.6 Å². The van der Waals surface area contributed by atoms with Gasteiger partial charge in [0.15, 0.2) is 0 Å². The number of aryl methyl sites for hydroxylation is 1. The van der Waals surface area contributed by atoms with Crippen molar-refractivity contribution in [3.63, 3.8) is 0 Å². The summed E-state index contributed by atoms with van der Waals surface area (Å²) in [5.41, 5.74) is 0.833. The Morgan fingerprint density at radius 3 is 2.90 bits per heavy atom. The van der Waals surface area contributed by atoms with Gasteiger partial charge in [-0.15, -0.1) is 0 Å². The predicted molar refractivity (Wildman–Crippen MR) is 71.7 cm³/mol. The van der Waals surface area contributed by atoms with Crippen LogP contribution in [-0.2, 0) is 6.54 Å². The Morgan fingerprint density at radius 1 is 1.40 bits per heavy atom. The van der Waals surface area contributed by atoms with Crippen LogP contribution in [0.25, 0.3) is 0 Å². The van der Waals surface area contributed by atoms with Gasteiger partial charge in [-0.05, 0) is 19.1 Å². The number of nitrogens with one attached hydrogen (secondary N) is 2. The van der Waals surface area contributed by atoms with Gasteiger partial charge in [-0.1, -0.05) is 0 Å². The molecule has 20 heavy (non-hydrogen) atoms. The predicted octanol–water partition coefficient (Wildman–Crippen LogP) is 1.29. The largest absolute Gasteiger partial charge is 0.372 e. The van der Waals surface area contributed by atoms with Crippen molar-refractivity contribution in [2.45, 2.75) is 13.5 Å². The summed E-state index contributed by atoms with van der Waals surface area (Å²) in [6.45, 7) is 2.00. The summed E-state index contributed by atoms with van der Waals surface area (Å²) in [7, 11) is 1.62. The van der Waals surface area contributed by atoms with Crippen LogP contribution in [0.2, 0.25) is 0 Å². The van der Waals surface area contributed by atoms with E-state index in [1.165, 1.54) is 0 Å². The molecule has 0 saturated carbocycles. The molecule has 0 spiro atoms. The topological polar surface area (TPSA) is 79.8 Å². The standard InChI is InChI=1S/C13H14FN5O/c1-8-16-4-3-10(19-8)7-18-13(20)11-5-9(14)6-17-12(11)15-2/h3-6H,7H2,1-2H3,(H,15,17)(H,18,20). The highest BCUT2D eigenvalue weighted by Gasteiger charge is 2.13. The second-order valence-corrected chi connectivity index (χ2v) is 4.08. The molecule has 0 atom stereocenters. The van der Waals surface area contributed by atoms with E-state index < -0.39 is 11.7 Å². The summed E-state index contributed by atoms with van der Waals surface area (Å²) in [6.07, 6.45) is 2.67. The summed E-state index contributed by atoms with van der Waals surface area (Å²) in [5.74, 6) is -0.0347. The molecule has 1 amide bonds. The van der Waals surface area contributed by atoms with E-state index in [1.807, 2.05) is 0 Å². The number of halogens is 1. The van der Waals surface area contributed by atoms with Gasteiger partial charge in [0.2, 0.25) is 0 Å². The average molecular weight is 275 g/mol. The van der Waals surface area contributed by atoms with Gasteiger partial charge in [0.1, 0.15) is 17.5 Å². The quantitative estimate of drug-likeness (QED) is 0.879. The van der Waals surface area contributed by atoms with E-state index in [4.69, 9.17) is 0 Å². The highest BCUT2D eigenvalue weighted by Crippen LogP contribution is 2.12. The van der Waals surface area contributed by atoms with Gasteiger partial charge < -0.3 is 10.6 Å². The molecule has 0 aliphatic heterocycles. The van der Waals surface area contributed by atoms with Crippen LogP contribution in [0.1, 0.15) is 21.9 Å². The van der Waals surface area contributed by atoms with E-state index in [0.717, 1.165) is 12.3 Å². The highest BCUT2D eigenvalue weighted by molar-refractivity contribution is 5.98. The van der Waals surface area contributed by atoms with Gasteiger partial charge in [-0.2, -0.15) is 0 Å². The van der Waals surface area contributed by atoms with Crippen LogP contribution >= 0.6 is 0 Å². The van der Waals surface area contributed by atoms with E-state index in [9.17, 15) is 9.18 Å². The average Bonchev–Trinajstić information content (AvgIpc) is 2.45. The van der Waals surface area contributed by atoms with Crippen molar-refractivity contribution in [1.29, 1.82) is 0 Å². The maximum Gasteiger partial charge on any atom is 0.255 e. The number of aromatic nitrogens is 3. The van der Waals surface area contributed by atoms with Crippen LogP contribution in [0.4, 0.5) is 10.2 Å². The molecule has 0 bridgehead atoms. The molecule has 0 aliphatic carbocycles. The Hall–Kier alpha value is -2.57. The van der Waals surface area contributed by atoms with Crippen molar-refractivity contribution in [1.82, 2.24) is 20.3 Å². The second kappa shape index (κ2) is 6.05. The van der Waals surface area contributed by atoms with Crippen molar-refractivity contribution in [2.24, 2.45) is 0 Å². The number of carbonyl (C=O) groups excluding carboxylic acids is 1. The lowest BCUT2D eigenvalue weighted by Gasteiger charge is -2.09. The molecule has 0 unspecified atom stereocenters. The summed E-state index contributed by atoms with van der Waals surface area (Å²) in [4.78, 5) is 24.0. The maximum atomic E-state index is 13.2. The third-order valence-corrected chi connectivity index (χ3v) is 2.60. The van der Waals surface area contributed by atoms with Gasteiger partial charge in [0.25, 0.3) is 5.91 Å². The summed E-state index contributed by atoms with van der Waals surface area (Å²) in [5, 5.41) is 5.42. The van der Waals surface area contributed by atoms with Gasteiger partial charge in [-0.25, -0.2) is 19.3 Å². The molecule has 0 aromatic carbocycles. The Kier molecular flexibility index (Phi) is 4.19. The molecule has 0 aliphatic rings. The molecule has 2 N–H and O–H groups in total. The Labute approximate surface area is 115 Å². The van der Waals surface area contributed by atoms with E-state index >= 15 is 0 Å². The minimum Gasteiger partial charge on any atom is -0.372 e. The van der Waals surface area contributed by atoms with Crippen molar-refractivity contribution in [2.75, 3.05) is 12.4 Å². The van der Waals surface area contributed by atoms with Gasteiger partial charge in [0.05, 0.1) is 24.0 Å². The zero-order valence-corrected chi connectivity index (χ0v) is 11.1. The second-order valence-electron chi connectivity index (χ2n) is 4.08. The van der Waals surface area contributed by atoms with Crippen molar-refractivity contribution in [3.8, 4) is 0 Å². The number of rotatable bonds is 4. The molecule has 0 radical (unpaired) electrons. The van der Waals surface area contributed by atoms with Crippen molar-refractivity contribution < 1.29 is 9.18 Å². The summed E-state index contributed by atoms with van der Waals surface area (Å²) >= 11 is 0.